The highest BCUT2D eigenvalue weighted by molar-refractivity contribution is 6.28. The molecule has 0 atom stereocenters. The number of aromatic nitrogens is 7. The van der Waals surface area contributed by atoms with Gasteiger partial charge < -0.3 is 28.7 Å². The Morgan fingerprint density at radius 2 is 0.537 bits per heavy atom. The number of nitrogens with one attached hydrogen (secondary N) is 3. The fourth-order valence-corrected chi connectivity index (χ4v) is 20.8. The van der Waals surface area contributed by atoms with Gasteiger partial charge in [0.1, 0.15) is 0 Å². The summed E-state index contributed by atoms with van der Waals surface area (Å²) in [4.78, 5) is 15.2. The van der Waals surface area contributed by atoms with Crippen LogP contribution in [0.1, 0.15) is 25.0 Å². The number of fused-ring (bicyclic) bond motifs is 27. The SMILES string of the molecule is CC1(C)c2ccccc2-c2ccc(-n3c4ccccc4c4c5ccccc5c(-c5ccc6[nH]c7ccccc7c6c5)cc43)cc21.c1ccc(-c2ccc(-n3c4ccccc4c4c5ccccc5c(-c5ccc6[nH]c7ccccc7c6c5)cc43)cc2)cc1.c1cncc(-n2c3ccccc3c3c4ccccc4c(-c4ccc5[nH]c6ccccc6c5c4)cc32)c1. The lowest BCUT2D eigenvalue weighted by atomic mass is 9.82. The minimum absolute atomic E-state index is 0.0622. The highest BCUT2D eigenvalue weighted by Gasteiger charge is 2.36. The summed E-state index contributed by atoms with van der Waals surface area (Å²) >= 11 is 0. The van der Waals surface area contributed by atoms with Crippen LogP contribution in [-0.4, -0.2) is 33.6 Å². The molecule has 0 amide bonds. The standard InChI is InChI=1S/C43H30N2.C40H26N2.C33H21N3/c1-43(2)36-16-8-5-12-29(36)30-21-20-27(24-37(30)43)45-40-18-10-7-15-33(40)42-32-14-4-3-11-28(32)34(25-41(42)45)26-19-22-39-35(23-26)31-13-6-9-17-38(31)44-39;1-2-10-26(11-3-1)27-18-21-29(22-19-27)42-38-17-9-7-15-33(38)40-32-14-5-4-12-30(32)34(25-39(40)42)28-20-23-37-35(24-28)31-13-6-8-16-36(31)41-37;1-2-11-25-23(9-1)27(21-15-16-30-28(18-21)24-10-3-5-13-29(24)35-30)19-32-33(25)26-12-4-6-14-31(26)36(32)22-8-7-17-34-20-22/h3-25,44H,1-2H3;1-25,41H;1-20,35H. The van der Waals surface area contributed by atoms with Gasteiger partial charge in [0, 0.05) is 121 Å². The van der Waals surface area contributed by atoms with E-state index in [1.807, 2.05) is 18.5 Å². The third-order valence-electron chi connectivity index (χ3n) is 26.5. The van der Waals surface area contributed by atoms with E-state index < -0.39 is 0 Å². The lowest BCUT2D eigenvalue weighted by Crippen LogP contribution is -2.15. The molecule has 0 aliphatic heterocycles. The van der Waals surface area contributed by atoms with Crippen LogP contribution < -0.4 is 0 Å². The molecule has 19 aromatic carbocycles. The molecule has 0 saturated carbocycles. The van der Waals surface area contributed by atoms with Crippen molar-refractivity contribution in [1.82, 2.24) is 33.6 Å². The molecule has 0 fully saturated rings. The van der Waals surface area contributed by atoms with Gasteiger partial charge in [0.25, 0.3) is 0 Å². The van der Waals surface area contributed by atoms with Crippen LogP contribution in [-0.2, 0) is 5.41 Å². The largest absolute Gasteiger partial charge is 0.355 e. The quantitative estimate of drug-likeness (QED) is 0.146. The topological polar surface area (TPSA) is 75.0 Å². The first-order valence-electron chi connectivity index (χ1n) is 42.5. The molecule has 7 nitrogen and oxygen atoms in total. The van der Waals surface area contributed by atoms with Crippen molar-refractivity contribution in [1.29, 1.82) is 0 Å². The molecule has 7 aromatic heterocycles. The third-order valence-corrected chi connectivity index (χ3v) is 26.5. The Kier molecular flexibility index (Phi) is 15.6. The normalized spacial score (nSPS) is 12.5. The zero-order valence-corrected chi connectivity index (χ0v) is 67.5. The molecule has 123 heavy (non-hydrogen) atoms. The van der Waals surface area contributed by atoms with E-state index in [9.17, 15) is 0 Å². The Bertz CT molecular complexity index is 8850. The van der Waals surface area contributed by atoms with Crippen LogP contribution in [0, 0.1) is 0 Å². The maximum absolute atomic E-state index is 4.43. The lowest BCUT2D eigenvalue weighted by molar-refractivity contribution is 0.660. The third kappa shape index (κ3) is 10.9. The van der Waals surface area contributed by atoms with Crippen molar-refractivity contribution >= 4 is 163 Å². The van der Waals surface area contributed by atoms with Crippen molar-refractivity contribution in [2.75, 3.05) is 0 Å². The van der Waals surface area contributed by atoms with Gasteiger partial charge in [-0.3, -0.25) is 4.98 Å². The first-order valence-corrected chi connectivity index (χ1v) is 42.5. The molecule has 0 saturated heterocycles. The van der Waals surface area contributed by atoms with E-state index in [2.05, 4.69) is 442 Å². The van der Waals surface area contributed by atoms with E-state index in [-0.39, 0.29) is 5.41 Å². The van der Waals surface area contributed by atoms with Crippen LogP contribution in [0.15, 0.2) is 413 Å². The second-order valence-corrected chi connectivity index (χ2v) is 33.5. The number of hydrogen-bond donors (Lipinski definition) is 3. The lowest BCUT2D eigenvalue weighted by Gasteiger charge is -2.22. The van der Waals surface area contributed by atoms with E-state index in [1.54, 1.807) is 0 Å². The fraction of sp³-hybridized carbons (Fsp3) is 0.0259. The van der Waals surface area contributed by atoms with Crippen LogP contribution in [0.5, 0.6) is 0 Å². The van der Waals surface area contributed by atoms with Gasteiger partial charge >= 0.3 is 0 Å². The van der Waals surface area contributed by atoms with Gasteiger partial charge in [-0.25, -0.2) is 0 Å². The van der Waals surface area contributed by atoms with E-state index in [0.29, 0.717) is 0 Å². The van der Waals surface area contributed by atoms with Crippen molar-refractivity contribution in [2.24, 2.45) is 0 Å². The van der Waals surface area contributed by atoms with Crippen molar-refractivity contribution in [3.63, 3.8) is 0 Å². The molecule has 1 aliphatic rings. The van der Waals surface area contributed by atoms with Gasteiger partial charge in [-0.15, -0.1) is 0 Å². The van der Waals surface area contributed by atoms with Gasteiger partial charge in [0.05, 0.1) is 45.0 Å². The van der Waals surface area contributed by atoms with Crippen LogP contribution in [0.25, 0.3) is 236 Å². The monoisotopic (exact) mass is 1570 g/mol. The molecule has 576 valence electrons. The van der Waals surface area contributed by atoms with Crippen molar-refractivity contribution < 1.29 is 0 Å². The number of rotatable bonds is 7. The molecule has 0 spiro atoms. The number of hydrogen-bond acceptors (Lipinski definition) is 1. The predicted molar refractivity (Wildman–Crippen MR) is 520 cm³/mol. The van der Waals surface area contributed by atoms with Crippen molar-refractivity contribution in [2.45, 2.75) is 19.3 Å². The summed E-state index contributed by atoms with van der Waals surface area (Å²) in [5.74, 6) is 0. The van der Waals surface area contributed by atoms with Gasteiger partial charge in [-0.1, -0.05) is 287 Å². The summed E-state index contributed by atoms with van der Waals surface area (Å²) in [6.07, 6.45) is 3.77. The Labute approximate surface area is 707 Å². The molecule has 0 unspecified atom stereocenters. The Morgan fingerprint density at radius 1 is 0.203 bits per heavy atom. The molecule has 26 aromatic rings. The smallest absolute Gasteiger partial charge is 0.0645 e. The van der Waals surface area contributed by atoms with E-state index in [0.717, 1.165) is 22.4 Å². The summed E-state index contributed by atoms with van der Waals surface area (Å²) in [5, 5.41) is 22.9. The van der Waals surface area contributed by atoms with Gasteiger partial charge in [-0.2, -0.15) is 0 Å². The predicted octanol–water partition coefficient (Wildman–Crippen LogP) is 31.1. The Morgan fingerprint density at radius 3 is 0.976 bits per heavy atom. The molecule has 7 heterocycles. The average Bonchev–Trinajstić information content (AvgIpc) is 1.53. The summed E-state index contributed by atoms with van der Waals surface area (Å²) < 4.78 is 7.27. The number of H-pyrrole nitrogens is 3. The summed E-state index contributed by atoms with van der Waals surface area (Å²) in [6, 6.07) is 146. The van der Waals surface area contributed by atoms with Crippen molar-refractivity contribution in [3.05, 3.63) is 424 Å². The summed E-state index contributed by atoms with van der Waals surface area (Å²) in [7, 11) is 0. The fourth-order valence-electron chi connectivity index (χ4n) is 20.8. The van der Waals surface area contributed by atoms with E-state index in [1.165, 1.54) is 225 Å². The first kappa shape index (κ1) is 70.0. The number of aromatic amines is 3. The van der Waals surface area contributed by atoms with Gasteiger partial charge in [0.2, 0.25) is 0 Å². The highest BCUT2D eigenvalue weighted by Crippen LogP contribution is 2.52. The summed E-state index contributed by atoms with van der Waals surface area (Å²) in [6.45, 7) is 4.72. The van der Waals surface area contributed by atoms with Gasteiger partial charge in [0.15, 0.2) is 0 Å². The first-order chi connectivity index (χ1) is 60.8. The molecule has 0 radical (unpaired) electrons. The second kappa shape index (κ2) is 27.5. The van der Waals surface area contributed by atoms with Crippen LogP contribution in [0.3, 0.4) is 0 Å². The van der Waals surface area contributed by atoms with Crippen molar-refractivity contribution in [3.8, 4) is 72.7 Å². The average molecular weight is 1570 g/mol. The highest BCUT2D eigenvalue weighted by atomic mass is 15.0. The zero-order chi connectivity index (χ0) is 81.1. The molecular formula is C116H77N7. The van der Waals surface area contributed by atoms with E-state index >= 15 is 0 Å². The number of pyridine rings is 1. The summed E-state index contributed by atoms with van der Waals surface area (Å²) in [5.41, 5.74) is 33.0. The number of para-hydroxylation sites is 6. The minimum Gasteiger partial charge on any atom is -0.355 e. The zero-order valence-electron chi connectivity index (χ0n) is 67.5. The molecule has 3 N–H and O–H groups in total. The van der Waals surface area contributed by atoms with Crippen LogP contribution >= 0.6 is 0 Å². The molecule has 1 aliphatic carbocycles. The van der Waals surface area contributed by atoms with Crippen LogP contribution in [0.2, 0.25) is 0 Å². The molecule has 7 heteroatoms. The maximum Gasteiger partial charge on any atom is 0.0645 e. The van der Waals surface area contributed by atoms with Gasteiger partial charge in [-0.05, 0) is 226 Å². The number of benzene rings is 19. The molecule has 0 bridgehead atoms. The number of nitrogens with zero attached hydrogens (tertiary/aromatic N) is 4. The Balaban J connectivity index is 0.000000102. The Hall–Kier alpha value is -16.1. The molecule has 27 rings (SSSR count). The minimum atomic E-state index is -0.0622. The second-order valence-electron chi connectivity index (χ2n) is 33.5. The van der Waals surface area contributed by atoms with Crippen LogP contribution in [0.4, 0.5) is 0 Å². The van der Waals surface area contributed by atoms with E-state index in [4.69, 9.17) is 0 Å². The molecular weight excluding hydrogens is 1490 g/mol. The maximum atomic E-state index is 4.43.